The quantitative estimate of drug-likeness (QED) is 0.922. The summed E-state index contributed by atoms with van der Waals surface area (Å²) in [5.74, 6) is -1.16. The number of hydrogen-bond donors (Lipinski definition) is 1. The summed E-state index contributed by atoms with van der Waals surface area (Å²) >= 11 is 0. The fourth-order valence-corrected chi connectivity index (χ4v) is 1.99. The van der Waals surface area contributed by atoms with Crippen molar-refractivity contribution < 1.29 is 18.6 Å². The van der Waals surface area contributed by atoms with E-state index >= 15 is 0 Å². The van der Waals surface area contributed by atoms with Crippen molar-refractivity contribution in [1.82, 2.24) is 9.55 Å². The van der Waals surface area contributed by atoms with Crippen LogP contribution >= 0.6 is 0 Å². The van der Waals surface area contributed by atoms with Gasteiger partial charge in [-0.05, 0) is 20.3 Å². The minimum absolute atomic E-state index is 0.114. The van der Waals surface area contributed by atoms with Gasteiger partial charge in [0.05, 0.1) is 18.3 Å². The summed E-state index contributed by atoms with van der Waals surface area (Å²) in [6.45, 7) is 3.76. The lowest BCUT2D eigenvalue weighted by molar-refractivity contribution is 0.0663. The van der Waals surface area contributed by atoms with E-state index < -0.39 is 17.2 Å². The summed E-state index contributed by atoms with van der Waals surface area (Å²) in [4.78, 5) is 4.02. The number of methoxy groups -OCH3 is 1. The van der Waals surface area contributed by atoms with Crippen LogP contribution < -0.4 is 4.74 Å². The Balaban J connectivity index is 2.38. The van der Waals surface area contributed by atoms with Crippen molar-refractivity contribution in [1.29, 1.82) is 0 Å². The Kier molecular flexibility index (Phi) is 4.27. The van der Waals surface area contributed by atoms with Crippen molar-refractivity contribution in [2.45, 2.75) is 32.4 Å². The monoisotopic (exact) mass is 296 g/mol. The summed E-state index contributed by atoms with van der Waals surface area (Å²) in [7, 11) is 1.35. The molecule has 6 heteroatoms. The van der Waals surface area contributed by atoms with E-state index in [9.17, 15) is 13.9 Å². The van der Waals surface area contributed by atoms with Crippen molar-refractivity contribution in [2.24, 2.45) is 0 Å². The molecule has 0 aliphatic rings. The van der Waals surface area contributed by atoms with Crippen molar-refractivity contribution in [3.8, 4) is 17.1 Å². The Morgan fingerprint density at radius 2 is 1.90 bits per heavy atom. The molecule has 1 aromatic carbocycles. The fraction of sp³-hybridized carbons (Fsp3) is 0.400. The summed E-state index contributed by atoms with van der Waals surface area (Å²) < 4.78 is 34.6. The first-order valence-electron chi connectivity index (χ1n) is 6.59. The second-order valence-electron chi connectivity index (χ2n) is 5.47. The molecule has 1 N–H and O–H groups in total. The standard InChI is InChI=1S/C15H18F2N2O2/c1-15(2,20)4-6-19-7-5-18-14(19)13-11(16)8-10(21-3)9-12(13)17/h5,7-9,20H,4,6H2,1-3H3. The highest BCUT2D eigenvalue weighted by Gasteiger charge is 2.19. The van der Waals surface area contributed by atoms with Crippen molar-refractivity contribution in [2.75, 3.05) is 7.11 Å². The van der Waals surface area contributed by atoms with Gasteiger partial charge in [-0.15, -0.1) is 0 Å². The molecule has 1 aromatic heterocycles. The van der Waals surface area contributed by atoms with Crippen LogP contribution in [-0.2, 0) is 6.54 Å². The Morgan fingerprint density at radius 1 is 1.29 bits per heavy atom. The van der Waals surface area contributed by atoms with E-state index in [4.69, 9.17) is 4.74 Å². The van der Waals surface area contributed by atoms with Gasteiger partial charge in [-0.2, -0.15) is 0 Å². The molecule has 0 spiro atoms. The topological polar surface area (TPSA) is 47.3 Å². The molecule has 4 nitrogen and oxygen atoms in total. The largest absolute Gasteiger partial charge is 0.497 e. The summed E-state index contributed by atoms with van der Waals surface area (Å²) in [6, 6.07) is 2.24. The van der Waals surface area contributed by atoms with Crippen LogP contribution in [0.4, 0.5) is 8.78 Å². The minimum Gasteiger partial charge on any atom is -0.497 e. The highest BCUT2D eigenvalue weighted by Crippen LogP contribution is 2.29. The Morgan fingerprint density at radius 3 is 2.43 bits per heavy atom. The van der Waals surface area contributed by atoms with E-state index in [1.54, 1.807) is 24.6 Å². The number of hydrogen-bond acceptors (Lipinski definition) is 3. The van der Waals surface area contributed by atoms with Gasteiger partial charge >= 0.3 is 0 Å². The predicted octanol–water partition coefficient (Wildman–Crippen LogP) is 3.00. The Labute approximate surface area is 122 Å². The van der Waals surface area contributed by atoms with Crippen molar-refractivity contribution in [3.05, 3.63) is 36.2 Å². The second-order valence-corrected chi connectivity index (χ2v) is 5.47. The van der Waals surface area contributed by atoms with Crippen LogP contribution in [0.15, 0.2) is 24.5 Å². The zero-order valence-electron chi connectivity index (χ0n) is 12.2. The number of rotatable bonds is 5. The molecule has 1 heterocycles. The number of aromatic nitrogens is 2. The summed E-state index contributed by atoms with van der Waals surface area (Å²) in [5.41, 5.74) is -1.06. The number of aryl methyl sites for hydroxylation is 1. The minimum atomic E-state index is -0.863. The van der Waals surface area contributed by atoms with Gasteiger partial charge in [0, 0.05) is 31.1 Å². The highest BCUT2D eigenvalue weighted by molar-refractivity contribution is 5.59. The van der Waals surface area contributed by atoms with Crippen LogP contribution in [0.1, 0.15) is 20.3 Å². The second kappa shape index (κ2) is 5.81. The van der Waals surface area contributed by atoms with Crippen molar-refractivity contribution >= 4 is 0 Å². The molecule has 21 heavy (non-hydrogen) atoms. The molecule has 0 saturated heterocycles. The summed E-state index contributed by atoms with van der Waals surface area (Å²) in [5, 5.41) is 9.76. The number of halogens is 2. The lowest BCUT2D eigenvalue weighted by Crippen LogP contribution is -2.21. The van der Waals surface area contributed by atoms with E-state index in [0.29, 0.717) is 13.0 Å². The molecular formula is C15H18F2N2O2. The molecule has 0 atom stereocenters. The van der Waals surface area contributed by atoms with E-state index in [2.05, 4.69) is 4.98 Å². The molecule has 0 fully saturated rings. The van der Waals surface area contributed by atoms with Gasteiger partial charge in [-0.1, -0.05) is 0 Å². The molecular weight excluding hydrogens is 278 g/mol. The lowest BCUT2D eigenvalue weighted by atomic mass is 10.1. The molecule has 114 valence electrons. The summed E-state index contributed by atoms with van der Waals surface area (Å²) in [6.07, 6.45) is 3.54. The molecule has 0 aliphatic carbocycles. The third-order valence-electron chi connectivity index (χ3n) is 3.15. The predicted molar refractivity (Wildman–Crippen MR) is 75.0 cm³/mol. The zero-order chi connectivity index (χ0) is 15.6. The fourth-order valence-electron chi connectivity index (χ4n) is 1.99. The van der Waals surface area contributed by atoms with Gasteiger partial charge in [0.25, 0.3) is 0 Å². The molecule has 2 aromatic rings. The number of aliphatic hydroxyl groups is 1. The maximum atomic E-state index is 14.1. The number of benzene rings is 1. The first kappa shape index (κ1) is 15.4. The maximum Gasteiger partial charge on any atom is 0.145 e. The van der Waals surface area contributed by atoms with Gasteiger partial charge < -0.3 is 14.4 Å². The SMILES string of the molecule is COc1cc(F)c(-c2nccn2CCC(C)(C)O)c(F)c1. The first-order valence-corrected chi connectivity index (χ1v) is 6.59. The lowest BCUT2D eigenvalue weighted by Gasteiger charge is -2.18. The Hall–Kier alpha value is -1.95. The molecule has 0 bridgehead atoms. The van der Waals surface area contributed by atoms with Gasteiger partial charge in [-0.25, -0.2) is 13.8 Å². The maximum absolute atomic E-state index is 14.1. The van der Waals surface area contributed by atoms with Gasteiger partial charge in [0.2, 0.25) is 0 Å². The average molecular weight is 296 g/mol. The smallest absolute Gasteiger partial charge is 0.145 e. The van der Waals surface area contributed by atoms with E-state index in [1.807, 2.05) is 0 Å². The van der Waals surface area contributed by atoms with E-state index in [0.717, 1.165) is 12.1 Å². The first-order chi connectivity index (χ1) is 9.81. The molecule has 0 unspecified atom stereocenters. The molecule has 2 rings (SSSR count). The van der Waals surface area contributed by atoms with Crippen LogP contribution in [0.2, 0.25) is 0 Å². The van der Waals surface area contributed by atoms with Crippen LogP contribution in [0.3, 0.4) is 0 Å². The third kappa shape index (κ3) is 3.58. The van der Waals surface area contributed by atoms with E-state index in [1.165, 1.54) is 13.3 Å². The highest BCUT2D eigenvalue weighted by atomic mass is 19.1. The van der Waals surface area contributed by atoms with E-state index in [-0.39, 0.29) is 17.1 Å². The molecule has 0 saturated carbocycles. The third-order valence-corrected chi connectivity index (χ3v) is 3.15. The number of ether oxygens (including phenoxy) is 1. The zero-order valence-corrected chi connectivity index (χ0v) is 12.2. The Bertz CT molecular complexity index is 610. The van der Waals surface area contributed by atoms with Crippen LogP contribution in [0, 0.1) is 11.6 Å². The molecule has 0 radical (unpaired) electrons. The van der Waals surface area contributed by atoms with Crippen LogP contribution in [0.5, 0.6) is 5.75 Å². The molecule has 0 amide bonds. The van der Waals surface area contributed by atoms with Crippen LogP contribution in [-0.4, -0.2) is 27.4 Å². The van der Waals surface area contributed by atoms with Gasteiger partial charge in [-0.3, -0.25) is 0 Å². The van der Waals surface area contributed by atoms with Crippen molar-refractivity contribution in [3.63, 3.8) is 0 Å². The van der Waals surface area contributed by atoms with Crippen LogP contribution in [0.25, 0.3) is 11.4 Å². The molecule has 0 aliphatic heterocycles. The van der Waals surface area contributed by atoms with Gasteiger partial charge in [0.15, 0.2) is 0 Å². The normalized spacial score (nSPS) is 11.7. The number of imidazole rings is 1. The number of nitrogens with zero attached hydrogens (tertiary/aromatic N) is 2. The average Bonchev–Trinajstić information content (AvgIpc) is 2.83. The van der Waals surface area contributed by atoms with Gasteiger partial charge in [0.1, 0.15) is 23.2 Å².